The van der Waals surface area contributed by atoms with E-state index in [9.17, 15) is 8.42 Å². The number of nitrogens with zero attached hydrogens (tertiary/aromatic N) is 1. The van der Waals surface area contributed by atoms with E-state index >= 15 is 0 Å². The second kappa shape index (κ2) is 5.28. The molecule has 0 bridgehead atoms. The number of rotatable bonds is 2. The van der Waals surface area contributed by atoms with Crippen molar-refractivity contribution in [1.82, 2.24) is 4.31 Å². The fraction of sp³-hybridized carbons (Fsp3) is 0.455. The average Bonchev–Trinajstić information content (AvgIpc) is 2.28. The normalized spacial score (nSPS) is 22.0. The van der Waals surface area contributed by atoms with Crippen molar-refractivity contribution in [3.8, 4) is 0 Å². The Kier molecular flexibility index (Phi) is 4.11. The molecule has 1 aromatic rings. The van der Waals surface area contributed by atoms with Gasteiger partial charge in [-0.1, -0.05) is 18.5 Å². The number of sulfonamides is 1. The molecule has 2 rings (SSSR count). The smallest absolute Gasteiger partial charge is 0.244 e. The Morgan fingerprint density at radius 3 is 2.83 bits per heavy atom. The molecule has 1 aliphatic heterocycles. The molecule has 1 aromatic carbocycles. The van der Waals surface area contributed by atoms with E-state index in [4.69, 9.17) is 17.3 Å². The fourth-order valence-electron chi connectivity index (χ4n) is 1.87. The number of hydrogen-bond donors (Lipinski definition) is 1. The summed E-state index contributed by atoms with van der Waals surface area (Å²) >= 11 is 7.76. The fourth-order valence-corrected chi connectivity index (χ4v) is 5.15. The summed E-state index contributed by atoms with van der Waals surface area (Å²) in [5, 5.41) is 0.488. The Hall–Kier alpha value is -0.430. The Morgan fingerprint density at radius 1 is 1.50 bits per heavy atom. The van der Waals surface area contributed by atoms with Gasteiger partial charge in [-0.15, -0.1) is 0 Å². The Labute approximate surface area is 117 Å². The second-order valence-electron chi connectivity index (χ2n) is 4.23. The number of nitrogens with two attached hydrogens (primary N) is 1. The van der Waals surface area contributed by atoms with Crippen LogP contribution < -0.4 is 5.73 Å². The lowest BCUT2D eigenvalue weighted by Gasteiger charge is -2.29. The van der Waals surface area contributed by atoms with Crippen LogP contribution in [0.15, 0.2) is 23.1 Å². The Balaban J connectivity index is 2.35. The van der Waals surface area contributed by atoms with Crippen LogP contribution in [0, 0.1) is 0 Å². The van der Waals surface area contributed by atoms with Crippen LogP contribution in [0.1, 0.15) is 6.92 Å². The SMILES string of the molecule is CC1CN(S(=O)(=O)c2ccc(N)cc2Cl)CCS1. The lowest BCUT2D eigenvalue weighted by molar-refractivity contribution is 0.424. The van der Waals surface area contributed by atoms with Gasteiger partial charge in [0.2, 0.25) is 10.0 Å². The zero-order chi connectivity index (χ0) is 13.3. The summed E-state index contributed by atoms with van der Waals surface area (Å²) < 4.78 is 26.4. The molecule has 7 heteroatoms. The summed E-state index contributed by atoms with van der Waals surface area (Å²) in [4.78, 5) is 0.137. The number of halogens is 1. The minimum absolute atomic E-state index is 0.137. The van der Waals surface area contributed by atoms with E-state index in [1.165, 1.54) is 16.4 Å². The summed E-state index contributed by atoms with van der Waals surface area (Å²) in [5.41, 5.74) is 6.03. The van der Waals surface area contributed by atoms with Crippen LogP contribution in [0.3, 0.4) is 0 Å². The maximum atomic E-state index is 12.5. The van der Waals surface area contributed by atoms with Crippen molar-refractivity contribution >= 4 is 39.1 Å². The number of benzene rings is 1. The van der Waals surface area contributed by atoms with Crippen molar-refractivity contribution < 1.29 is 8.42 Å². The molecule has 1 atom stereocenters. The highest BCUT2D eigenvalue weighted by molar-refractivity contribution is 8.00. The van der Waals surface area contributed by atoms with Crippen LogP contribution in [0.5, 0.6) is 0 Å². The molecular weight excluding hydrogens is 292 g/mol. The van der Waals surface area contributed by atoms with Crippen molar-refractivity contribution in [3.05, 3.63) is 23.2 Å². The highest BCUT2D eigenvalue weighted by Crippen LogP contribution is 2.29. The quantitative estimate of drug-likeness (QED) is 0.849. The van der Waals surface area contributed by atoms with Gasteiger partial charge >= 0.3 is 0 Å². The van der Waals surface area contributed by atoms with Crippen molar-refractivity contribution in [2.75, 3.05) is 24.6 Å². The van der Waals surface area contributed by atoms with Gasteiger partial charge in [-0.25, -0.2) is 8.42 Å². The Bertz CT molecular complexity index is 548. The summed E-state index contributed by atoms with van der Waals surface area (Å²) in [6.45, 7) is 3.07. The standard InChI is InChI=1S/C11H15ClN2O2S2/c1-8-7-14(4-5-17-8)18(15,16)11-3-2-9(13)6-10(11)12/h2-3,6,8H,4-5,7,13H2,1H3. The molecule has 0 saturated carbocycles. The lowest BCUT2D eigenvalue weighted by Crippen LogP contribution is -2.41. The molecule has 1 unspecified atom stereocenters. The Morgan fingerprint density at radius 2 is 2.22 bits per heavy atom. The largest absolute Gasteiger partial charge is 0.399 e. The number of anilines is 1. The maximum absolute atomic E-state index is 12.5. The summed E-state index contributed by atoms with van der Waals surface area (Å²) in [6.07, 6.45) is 0. The third-order valence-electron chi connectivity index (χ3n) is 2.78. The predicted molar refractivity (Wildman–Crippen MR) is 76.5 cm³/mol. The molecule has 1 fully saturated rings. The summed E-state index contributed by atoms with van der Waals surface area (Å²) in [5.74, 6) is 0.812. The third-order valence-corrected chi connectivity index (χ3v) is 6.26. The first-order valence-electron chi connectivity index (χ1n) is 5.58. The first-order chi connectivity index (χ1) is 8.41. The van der Waals surface area contributed by atoms with Gasteiger partial charge in [-0.05, 0) is 18.2 Å². The van der Waals surface area contributed by atoms with Gasteiger partial charge in [0, 0.05) is 29.8 Å². The summed E-state index contributed by atoms with van der Waals surface area (Å²) in [7, 11) is -3.51. The molecule has 0 amide bonds. The predicted octanol–water partition coefficient (Wildman–Crippen LogP) is 2.05. The molecule has 1 heterocycles. The number of hydrogen-bond acceptors (Lipinski definition) is 4. The molecule has 100 valence electrons. The van der Waals surface area contributed by atoms with Crippen molar-refractivity contribution in [3.63, 3.8) is 0 Å². The lowest BCUT2D eigenvalue weighted by atomic mass is 10.3. The van der Waals surface area contributed by atoms with Gasteiger partial charge in [0.1, 0.15) is 4.90 Å². The van der Waals surface area contributed by atoms with E-state index in [1.54, 1.807) is 17.8 Å². The minimum Gasteiger partial charge on any atom is -0.399 e. The molecule has 0 aromatic heterocycles. The number of nitrogen functional groups attached to an aromatic ring is 1. The third kappa shape index (κ3) is 2.77. The highest BCUT2D eigenvalue weighted by atomic mass is 35.5. The maximum Gasteiger partial charge on any atom is 0.244 e. The molecule has 18 heavy (non-hydrogen) atoms. The van der Waals surface area contributed by atoms with E-state index in [2.05, 4.69) is 0 Å². The summed E-state index contributed by atoms with van der Waals surface area (Å²) in [6, 6.07) is 4.50. The van der Waals surface area contributed by atoms with E-state index in [0.29, 0.717) is 24.0 Å². The topological polar surface area (TPSA) is 63.4 Å². The van der Waals surface area contributed by atoms with Crippen LogP contribution in [0.4, 0.5) is 5.69 Å². The van der Waals surface area contributed by atoms with Crippen LogP contribution in [0.25, 0.3) is 0 Å². The molecule has 0 aliphatic carbocycles. The molecule has 4 nitrogen and oxygen atoms in total. The number of thioether (sulfide) groups is 1. The van der Waals surface area contributed by atoms with Crippen molar-refractivity contribution in [1.29, 1.82) is 0 Å². The van der Waals surface area contributed by atoms with E-state index in [0.717, 1.165) is 5.75 Å². The molecule has 0 spiro atoms. The molecule has 0 radical (unpaired) electrons. The van der Waals surface area contributed by atoms with Gasteiger partial charge < -0.3 is 5.73 Å². The van der Waals surface area contributed by atoms with Crippen LogP contribution in [-0.4, -0.2) is 36.8 Å². The zero-order valence-corrected chi connectivity index (χ0v) is 12.4. The van der Waals surface area contributed by atoms with Crippen molar-refractivity contribution in [2.24, 2.45) is 0 Å². The van der Waals surface area contributed by atoms with E-state index in [1.807, 2.05) is 6.92 Å². The van der Waals surface area contributed by atoms with Gasteiger partial charge in [-0.3, -0.25) is 0 Å². The highest BCUT2D eigenvalue weighted by Gasteiger charge is 2.30. The van der Waals surface area contributed by atoms with Crippen LogP contribution in [0.2, 0.25) is 5.02 Å². The zero-order valence-electron chi connectivity index (χ0n) is 9.97. The second-order valence-corrected chi connectivity index (χ2v) is 8.09. The average molecular weight is 307 g/mol. The first kappa shape index (κ1) is 14.0. The van der Waals surface area contributed by atoms with Crippen LogP contribution in [-0.2, 0) is 10.0 Å². The minimum atomic E-state index is -3.51. The molecule has 1 aliphatic rings. The van der Waals surface area contributed by atoms with Gasteiger partial charge in [0.05, 0.1) is 5.02 Å². The first-order valence-corrected chi connectivity index (χ1v) is 8.44. The molecule has 2 N–H and O–H groups in total. The van der Waals surface area contributed by atoms with Crippen LogP contribution >= 0.6 is 23.4 Å². The van der Waals surface area contributed by atoms with E-state index < -0.39 is 10.0 Å². The van der Waals surface area contributed by atoms with Gasteiger partial charge in [0.25, 0.3) is 0 Å². The monoisotopic (exact) mass is 306 g/mol. The van der Waals surface area contributed by atoms with Crippen molar-refractivity contribution in [2.45, 2.75) is 17.1 Å². The molecule has 1 saturated heterocycles. The van der Waals surface area contributed by atoms with E-state index in [-0.39, 0.29) is 9.92 Å². The van der Waals surface area contributed by atoms with Gasteiger partial charge in [0.15, 0.2) is 0 Å². The van der Waals surface area contributed by atoms with Gasteiger partial charge in [-0.2, -0.15) is 16.1 Å². The molecular formula is C11H15ClN2O2S2.